The van der Waals surface area contributed by atoms with Crippen LogP contribution in [0.15, 0.2) is 18.2 Å². The fourth-order valence-corrected chi connectivity index (χ4v) is 1.99. The second kappa shape index (κ2) is 5.19. The number of nitrogens with one attached hydrogen (secondary N) is 2. The van der Waals surface area contributed by atoms with E-state index >= 15 is 0 Å². The van der Waals surface area contributed by atoms with Gasteiger partial charge in [-0.1, -0.05) is 12.5 Å². The van der Waals surface area contributed by atoms with E-state index in [-0.39, 0.29) is 17.7 Å². The SMILES string of the molecule is Cc1ccc(NC(=O)[C@H]2CCCCN2)cc1O. The van der Waals surface area contributed by atoms with Gasteiger partial charge in [0.25, 0.3) is 0 Å². The summed E-state index contributed by atoms with van der Waals surface area (Å²) in [5, 5.41) is 15.6. The molecule has 1 heterocycles. The van der Waals surface area contributed by atoms with E-state index < -0.39 is 0 Å². The third-order valence-corrected chi connectivity index (χ3v) is 3.10. The quantitative estimate of drug-likeness (QED) is 0.731. The van der Waals surface area contributed by atoms with Crippen molar-refractivity contribution in [1.82, 2.24) is 5.32 Å². The molecule has 1 atom stereocenters. The molecule has 4 heteroatoms. The van der Waals surface area contributed by atoms with Crippen LogP contribution in [0.4, 0.5) is 5.69 Å². The zero-order chi connectivity index (χ0) is 12.3. The standard InChI is InChI=1S/C13H18N2O2/c1-9-5-6-10(8-12(9)16)15-13(17)11-4-2-3-7-14-11/h5-6,8,11,14,16H,2-4,7H2,1H3,(H,15,17)/t11-/m1/s1. The van der Waals surface area contributed by atoms with Gasteiger partial charge in [0.1, 0.15) is 5.75 Å². The lowest BCUT2D eigenvalue weighted by molar-refractivity contribution is -0.118. The number of phenolic OH excluding ortho intramolecular Hbond substituents is 1. The molecule has 2 rings (SSSR count). The van der Waals surface area contributed by atoms with Gasteiger partial charge in [-0.25, -0.2) is 0 Å². The molecular formula is C13H18N2O2. The van der Waals surface area contributed by atoms with Crippen molar-refractivity contribution < 1.29 is 9.90 Å². The van der Waals surface area contributed by atoms with Crippen LogP contribution in [-0.2, 0) is 4.79 Å². The van der Waals surface area contributed by atoms with Crippen LogP contribution in [0.25, 0.3) is 0 Å². The molecule has 0 saturated carbocycles. The first-order valence-corrected chi connectivity index (χ1v) is 6.00. The van der Waals surface area contributed by atoms with Crippen LogP contribution in [0.1, 0.15) is 24.8 Å². The van der Waals surface area contributed by atoms with Gasteiger partial charge in [0.2, 0.25) is 5.91 Å². The summed E-state index contributed by atoms with van der Waals surface area (Å²) in [6.45, 7) is 2.72. The summed E-state index contributed by atoms with van der Waals surface area (Å²) in [6, 6.07) is 5.07. The number of rotatable bonds is 2. The van der Waals surface area contributed by atoms with E-state index in [2.05, 4.69) is 10.6 Å². The highest BCUT2D eigenvalue weighted by Crippen LogP contribution is 2.21. The number of carbonyl (C=O) groups excluding carboxylic acids is 1. The third-order valence-electron chi connectivity index (χ3n) is 3.10. The normalized spacial score (nSPS) is 19.9. The molecule has 1 fully saturated rings. The van der Waals surface area contributed by atoms with E-state index in [1.807, 2.05) is 6.92 Å². The van der Waals surface area contributed by atoms with E-state index in [1.54, 1.807) is 18.2 Å². The number of hydrogen-bond donors (Lipinski definition) is 3. The second-order valence-electron chi connectivity index (χ2n) is 4.49. The topological polar surface area (TPSA) is 61.4 Å². The van der Waals surface area contributed by atoms with E-state index in [0.717, 1.165) is 31.4 Å². The monoisotopic (exact) mass is 234 g/mol. The molecule has 1 aromatic carbocycles. The van der Waals surface area contributed by atoms with Crippen LogP contribution in [0.5, 0.6) is 5.75 Å². The van der Waals surface area contributed by atoms with Gasteiger partial charge in [0.05, 0.1) is 6.04 Å². The van der Waals surface area contributed by atoms with E-state index in [4.69, 9.17) is 0 Å². The number of amides is 1. The van der Waals surface area contributed by atoms with Gasteiger partial charge in [-0.3, -0.25) is 4.79 Å². The molecule has 0 unspecified atom stereocenters. The lowest BCUT2D eigenvalue weighted by Crippen LogP contribution is -2.43. The number of piperidine rings is 1. The highest BCUT2D eigenvalue weighted by atomic mass is 16.3. The maximum atomic E-state index is 11.9. The molecule has 92 valence electrons. The zero-order valence-corrected chi connectivity index (χ0v) is 9.99. The summed E-state index contributed by atoms with van der Waals surface area (Å²) < 4.78 is 0. The maximum absolute atomic E-state index is 11.9. The Kier molecular flexibility index (Phi) is 3.64. The maximum Gasteiger partial charge on any atom is 0.241 e. The van der Waals surface area contributed by atoms with Crippen LogP contribution in [0, 0.1) is 6.92 Å². The van der Waals surface area contributed by atoms with Crippen molar-refractivity contribution in [3.63, 3.8) is 0 Å². The minimum absolute atomic E-state index is 0.0204. The zero-order valence-electron chi connectivity index (χ0n) is 9.99. The highest BCUT2D eigenvalue weighted by molar-refractivity contribution is 5.95. The van der Waals surface area contributed by atoms with Crippen LogP contribution in [0.2, 0.25) is 0 Å². The molecule has 1 aliphatic heterocycles. The van der Waals surface area contributed by atoms with Gasteiger partial charge in [0.15, 0.2) is 0 Å². The first-order valence-electron chi connectivity index (χ1n) is 6.00. The molecule has 0 bridgehead atoms. The van der Waals surface area contributed by atoms with Gasteiger partial charge in [-0.15, -0.1) is 0 Å². The molecule has 0 spiro atoms. The minimum Gasteiger partial charge on any atom is -0.508 e. The minimum atomic E-state index is -0.104. The van der Waals surface area contributed by atoms with Gasteiger partial charge in [-0.05, 0) is 37.9 Å². The predicted molar refractivity (Wildman–Crippen MR) is 67.1 cm³/mol. The molecule has 17 heavy (non-hydrogen) atoms. The predicted octanol–water partition coefficient (Wildman–Crippen LogP) is 1.78. The summed E-state index contributed by atoms with van der Waals surface area (Å²) in [7, 11) is 0. The van der Waals surface area contributed by atoms with E-state index in [9.17, 15) is 9.90 Å². The summed E-state index contributed by atoms with van der Waals surface area (Å²) in [5.74, 6) is 0.187. The van der Waals surface area contributed by atoms with E-state index in [1.165, 1.54) is 0 Å². The number of hydrogen-bond acceptors (Lipinski definition) is 3. The molecular weight excluding hydrogens is 216 g/mol. The summed E-state index contributed by atoms with van der Waals surface area (Å²) in [6.07, 6.45) is 3.10. The Morgan fingerprint density at radius 1 is 1.47 bits per heavy atom. The number of anilines is 1. The highest BCUT2D eigenvalue weighted by Gasteiger charge is 2.20. The molecule has 3 N–H and O–H groups in total. The Morgan fingerprint density at radius 3 is 2.94 bits per heavy atom. The lowest BCUT2D eigenvalue weighted by Gasteiger charge is -2.22. The van der Waals surface area contributed by atoms with Crippen LogP contribution in [0.3, 0.4) is 0 Å². The first kappa shape index (κ1) is 11.9. The van der Waals surface area contributed by atoms with Crippen LogP contribution in [-0.4, -0.2) is 23.6 Å². The largest absolute Gasteiger partial charge is 0.508 e. The molecule has 0 aliphatic carbocycles. The summed E-state index contributed by atoms with van der Waals surface area (Å²) in [5.41, 5.74) is 1.45. The van der Waals surface area contributed by atoms with Crippen molar-refractivity contribution in [3.8, 4) is 5.75 Å². The average Bonchev–Trinajstić information content (AvgIpc) is 2.35. The summed E-state index contributed by atoms with van der Waals surface area (Å²) in [4.78, 5) is 11.9. The number of benzene rings is 1. The van der Waals surface area contributed by atoms with Crippen molar-refractivity contribution in [3.05, 3.63) is 23.8 Å². The fourth-order valence-electron chi connectivity index (χ4n) is 1.99. The van der Waals surface area contributed by atoms with E-state index in [0.29, 0.717) is 5.69 Å². The van der Waals surface area contributed by atoms with Gasteiger partial charge < -0.3 is 15.7 Å². The van der Waals surface area contributed by atoms with Gasteiger partial charge in [-0.2, -0.15) is 0 Å². The molecule has 1 aliphatic rings. The Labute approximate surface area is 101 Å². The van der Waals surface area contributed by atoms with Crippen molar-refractivity contribution in [2.24, 2.45) is 0 Å². The molecule has 0 radical (unpaired) electrons. The Bertz CT molecular complexity index is 412. The second-order valence-corrected chi connectivity index (χ2v) is 4.49. The van der Waals surface area contributed by atoms with Crippen LogP contribution < -0.4 is 10.6 Å². The van der Waals surface area contributed by atoms with Crippen molar-refractivity contribution in [2.75, 3.05) is 11.9 Å². The molecule has 0 aromatic heterocycles. The summed E-state index contributed by atoms with van der Waals surface area (Å²) >= 11 is 0. The van der Waals surface area contributed by atoms with Crippen molar-refractivity contribution >= 4 is 11.6 Å². The fraction of sp³-hybridized carbons (Fsp3) is 0.462. The van der Waals surface area contributed by atoms with Gasteiger partial charge in [0, 0.05) is 11.8 Å². The number of phenols is 1. The average molecular weight is 234 g/mol. The first-order chi connectivity index (χ1) is 8.16. The number of aromatic hydroxyl groups is 1. The molecule has 1 aromatic rings. The van der Waals surface area contributed by atoms with Crippen LogP contribution >= 0.6 is 0 Å². The number of carbonyl (C=O) groups is 1. The van der Waals surface area contributed by atoms with Gasteiger partial charge >= 0.3 is 0 Å². The lowest BCUT2D eigenvalue weighted by atomic mass is 10.0. The Hall–Kier alpha value is -1.55. The Balaban J connectivity index is 1.99. The Morgan fingerprint density at radius 2 is 2.29 bits per heavy atom. The molecule has 1 saturated heterocycles. The molecule has 4 nitrogen and oxygen atoms in total. The third kappa shape index (κ3) is 2.97. The smallest absolute Gasteiger partial charge is 0.241 e. The number of aryl methyl sites for hydroxylation is 1. The molecule has 1 amide bonds. The van der Waals surface area contributed by atoms with Crippen molar-refractivity contribution in [1.29, 1.82) is 0 Å². The van der Waals surface area contributed by atoms with Crippen molar-refractivity contribution in [2.45, 2.75) is 32.2 Å².